The molecule has 1 aromatic carbocycles. The Morgan fingerprint density at radius 3 is 2.65 bits per heavy atom. The number of aryl methyl sites for hydroxylation is 2. The molecule has 20 heavy (non-hydrogen) atoms. The number of ether oxygens (including phenoxy) is 1. The average molecular weight is 312 g/mol. The number of halogens is 2. The van der Waals surface area contributed by atoms with Crippen molar-refractivity contribution in [1.82, 2.24) is 4.98 Å². The molecule has 1 N–H and O–H groups in total. The molecule has 0 aliphatic rings. The van der Waals surface area contributed by atoms with Gasteiger partial charge in [0.25, 0.3) is 5.56 Å². The first kappa shape index (κ1) is 14.9. The monoisotopic (exact) mass is 311 g/mol. The average Bonchev–Trinajstić information content (AvgIpc) is 2.43. The summed E-state index contributed by atoms with van der Waals surface area (Å²) in [5.41, 5.74) is 1.46. The number of hydrogen-bond acceptors (Lipinski definition) is 2. The molecule has 1 aromatic heterocycles. The fraction of sp³-hybridized carbons (Fsp3) is 0.267. The summed E-state index contributed by atoms with van der Waals surface area (Å²) in [4.78, 5) is 14.2. The first-order chi connectivity index (χ1) is 9.61. The van der Waals surface area contributed by atoms with Crippen LogP contribution in [0.5, 0.6) is 5.75 Å². The Balaban J connectivity index is 2.17. The minimum absolute atomic E-state index is 0.105. The highest BCUT2D eigenvalue weighted by atomic mass is 35.5. The molecular formula is C15H15Cl2NO2. The second kappa shape index (κ2) is 6.82. The Morgan fingerprint density at radius 1 is 1.15 bits per heavy atom. The molecule has 106 valence electrons. The number of pyridine rings is 1. The van der Waals surface area contributed by atoms with Gasteiger partial charge >= 0.3 is 0 Å². The third kappa shape index (κ3) is 3.56. The Morgan fingerprint density at radius 2 is 1.90 bits per heavy atom. The van der Waals surface area contributed by atoms with E-state index >= 15 is 0 Å². The molecule has 0 saturated carbocycles. The zero-order chi connectivity index (χ0) is 14.5. The van der Waals surface area contributed by atoms with Gasteiger partial charge in [-0.2, -0.15) is 0 Å². The van der Waals surface area contributed by atoms with E-state index in [1.807, 2.05) is 31.2 Å². The van der Waals surface area contributed by atoms with E-state index in [0.29, 0.717) is 23.7 Å². The first-order valence-electron chi connectivity index (χ1n) is 6.39. The molecule has 2 rings (SSSR count). The molecule has 0 aliphatic carbocycles. The molecule has 0 saturated heterocycles. The van der Waals surface area contributed by atoms with Crippen molar-refractivity contribution in [3.63, 3.8) is 0 Å². The second-order valence-electron chi connectivity index (χ2n) is 4.31. The quantitative estimate of drug-likeness (QED) is 0.911. The molecular weight excluding hydrogens is 297 g/mol. The zero-order valence-electron chi connectivity index (χ0n) is 11.1. The van der Waals surface area contributed by atoms with E-state index in [2.05, 4.69) is 4.98 Å². The number of hydrogen-bond donors (Lipinski definition) is 1. The van der Waals surface area contributed by atoms with Crippen LogP contribution in [0.1, 0.15) is 18.2 Å². The summed E-state index contributed by atoms with van der Waals surface area (Å²) in [6.07, 6.45) is 1.35. The molecule has 0 aliphatic heterocycles. The number of benzene rings is 1. The molecule has 0 bridgehead atoms. The smallest absolute Gasteiger partial charge is 0.267 e. The zero-order valence-corrected chi connectivity index (χ0v) is 12.6. The van der Waals surface area contributed by atoms with Crippen molar-refractivity contribution in [2.75, 3.05) is 6.61 Å². The maximum absolute atomic E-state index is 11.5. The van der Waals surface area contributed by atoms with Crippen LogP contribution in [-0.4, -0.2) is 11.6 Å². The fourth-order valence-corrected chi connectivity index (χ4v) is 2.43. The number of H-pyrrole nitrogens is 1. The van der Waals surface area contributed by atoms with Gasteiger partial charge in [-0.15, -0.1) is 0 Å². The minimum Gasteiger partial charge on any atom is -0.494 e. The highest BCUT2D eigenvalue weighted by Crippen LogP contribution is 2.22. The lowest BCUT2D eigenvalue weighted by atomic mass is 10.1. The van der Waals surface area contributed by atoms with Crippen molar-refractivity contribution < 1.29 is 4.74 Å². The van der Waals surface area contributed by atoms with Gasteiger partial charge in [-0.05, 0) is 37.5 Å². The van der Waals surface area contributed by atoms with Crippen LogP contribution >= 0.6 is 23.2 Å². The van der Waals surface area contributed by atoms with E-state index in [9.17, 15) is 4.79 Å². The predicted octanol–water partition coefficient (Wildman–Crippen LogP) is 3.87. The van der Waals surface area contributed by atoms with Gasteiger partial charge in [0.1, 0.15) is 10.8 Å². The van der Waals surface area contributed by atoms with Gasteiger partial charge < -0.3 is 9.72 Å². The third-order valence-electron chi connectivity index (χ3n) is 2.94. The van der Waals surface area contributed by atoms with Crippen molar-refractivity contribution >= 4 is 23.2 Å². The second-order valence-corrected chi connectivity index (χ2v) is 5.13. The van der Waals surface area contributed by atoms with Gasteiger partial charge in [-0.25, -0.2) is 0 Å². The summed E-state index contributed by atoms with van der Waals surface area (Å²) in [6, 6.07) is 9.32. The molecule has 5 heteroatoms. The molecule has 0 atom stereocenters. The molecule has 3 nitrogen and oxygen atoms in total. The van der Waals surface area contributed by atoms with Crippen molar-refractivity contribution in [1.29, 1.82) is 0 Å². The summed E-state index contributed by atoms with van der Waals surface area (Å²) in [6.45, 7) is 2.57. The summed E-state index contributed by atoms with van der Waals surface area (Å²) < 4.78 is 5.57. The van der Waals surface area contributed by atoms with E-state index in [1.54, 1.807) is 0 Å². The van der Waals surface area contributed by atoms with Gasteiger partial charge in [0.15, 0.2) is 0 Å². The fourth-order valence-electron chi connectivity index (χ4n) is 1.97. The molecule has 0 amide bonds. The number of aromatic nitrogens is 1. The maximum atomic E-state index is 11.5. The van der Waals surface area contributed by atoms with E-state index in [0.717, 1.165) is 17.7 Å². The van der Waals surface area contributed by atoms with E-state index in [4.69, 9.17) is 27.9 Å². The van der Waals surface area contributed by atoms with Crippen LogP contribution in [0.4, 0.5) is 0 Å². The van der Waals surface area contributed by atoms with E-state index < -0.39 is 0 Å². The Kier molecular flexibility index (Phi) is 5.10. The number of para-hydroxylation sites is 1. The Hall–Kier alpha value is -1.45. The maximum Gasteiger partial charge on any atom is 0.267 e. The minimum atomic E-state index is -0.316. The SMILES string of the molecule is CCOc1ccccc1CCc1[nH]c(=O)c(Cl)cc1Cl. The molecule has 0 spiro atoms. The lowest BCUT2D eigenvalue weighted by Gasteiger charge is -2.10. The van der Waals surface area contributed by atoms with Crippen molar-refractivity contribution in [2.45, 2.75) is 19.8 Å². The predicted molar refractivity (Wildman–Crippen MR) is 82.1 cm³/mol. The summed E-state index contributed by atoms with van der Waals surface area (Å²) in [7, 11) is 0. The van der Waals surface area contributed by atoms with Crippen LogP contribution in [0, 0.1) is 0 Å². The normalized spacial score (nSPS) is 10.6. The van der Waals surface area contributed by atoms with Crippen LogP contribution in [0.25, 0.3) is 0 Å². The number of aromatic amines is 1. The van der Waals surface area contributed by atoms with Crippen LogP contribution in [0.2, 0.25) is 10.0 Å². The molecule has 1 heterocycles. The van der Waals surface area contributed by atoms with Crippen LogP contribution in [0.3, 0.4) is 0 Å². The summed E-state index contributed by atoms with van der Waals surface area (Å²) in [5, 5.41) is 0.581. The van der Waals surface area contributed by atoms with Crippen LogP contribution < -0.4 is 10.3 Å². The lowest BCUT2D eigenvalue weighted by Crippen LogP contribution is -2.10. The summed E-state index contributed by atoms with van der Waals surface area (Å²) in [5.74, 6) is 0.863. The molecule has 0 unspecified atom stereocenters. The molecule has 0 radical (unpaired) electrons. The van der Waals surface area contributed by atoms with Crippen LogP contribution in [-0.2, 0) is 12.8 Å². The molecule has 0 fully saturated rings. The van der Waals surface area contributed by atoms with E-state index in [1.165, 1.54) is 6.07 Å². The van der Waals surface area contributed by atoms with Gasteiger partial charge in [0.2, 0.25) is 0 Å². The third-order valence-corrected chi connectivity index (χ3v) is 3.56. The largest absolute Gasteiger partial charge is 0.494 e. The van der Waals surface area contributed by atoms with Crippen molar-refractivity contribution in [2.24, 2.45) is 0 Å². The number of nitrogens with one attached hydrogen (secondary N) is 1. The summed E-state index contributed by atoms with van der Waals surface area (Å²) >= 11 is 11.8. The van der Waals surface area contributed by atoms with Gasteiger partial charge in [0.05, 0.1) is 11.6 Å². The van der Waals surface area contributed by atoms with Crippen LogP contribution in [0.15, 0.2) is 35.1 Å². The van der Waals surface area contributed by atoms with Crippen molar-refractivity contribution in [3.8, 4) is 5.75 Å². The van der Waals surface area contributed by atoms with Gasteiger partial charge in [-0.1, -0.05) is 41.4 Å². The van der Waals surface area contributed by atoms with Crippen molar-refractivity contribution in [3.05, 3.63) is 62.0 Å². The number of rotatable bonds is 5. The van der Waals surface area contributed by atoms with E-state index in [-0.39, 0.29) is 10.6 Å². The van der Waals surface area contributed by atoms with Gasteiger partial charge in [0, 0.05) is 5.69 Å². The Bertz CT molecular complexity index is 653. The van der Waals surface area contributed by atoms with Gasteiger partial charge in [-0.3, -0.25) is 4.79 Å². The standard InChI is InChI=1S/C15H15Cl2NO2/c1-2-20-14-6-4-3-5-10(14)7-8-13-11(16)9-12(17)15(19)18-13/h3-6,9H,2,7-8H2,1H3,(H,18,19). The highest BCUT2D eigenvalue weighted by Gasteiger charge is 2.08. The highest BCUT2D eigenvalue weighted by molar-refractivity contribution is 6.34. The Labute approximate surface area is 127 Å². The topological polar surface area (TPSA) is 42.1 Å². The lowest BCUT2D eigenvalue weighted by molar-refractivity contribution is 0.336. The first-order valence-corrected chi connectivity index (χ1v) is 7.15. The molecule has 2 aromatic rings.